The minimum atomic E-state index is -0.0843. The number of rotatable bonds is 5. The number of ether oxygens (including phenoxy) is 1. The smallest absolute Gasteiger partial charge is 0.218 e. The van der Waals surface area contributed by atoms with Crippen LogP contribution in [0.15, 0.2) is 6.07 Å². The van der Waals surface area contributed by atoms with Gasteiger partial charge in [-0.2, -0.15) is 4.98 Å². The highest BCUT2D eigenvalue weighted by molar-refractivity contribution is 5.40. The van der Waals surface area contributed by atoms with Gasteiger partial charge in [0.05, 0.1) is 6.61 Å². The van der Waals surface area contributed by atoms with Crippen LogP contribution in [0.2, 0.25) is 0 Å². The predicted molar refractivity (Wildman–Crippen MR) is 75.3 cm³/mol. The first-order chi connectivity index (χ1) is 8.32. The number of hydrogen-bond acceptors (Lipinski definition) is 4. The lowest BCUT2D eigenvalue weighted by atomic mass is 9.96. The molecule has 0 saturated heterocycles. The molecule has 0 aromatic carbocycles. The van der Waals surface area contributed by atoms with Crippen molar-refractivity contribution >= 4 is 5.82 Å². The van der Waals surface area contributed by atoms with Crippen molar-refractivity contribution in [1.29, 1.82) is 0 Å². The van der Waals surface area contributed by atoms with Crippen LogP contribution < -0.4 is 10.1 Å². The van der Waals surface area contributed by atoms with Gasteiger partial charge >= 0.3 is 0 Å². The highest BCUT2D eigenvalue weighted by atomic mass is 16.5. The molecule has 0 unspecified atom stereocenters. The van der Waals surface area contributed by atoms with E-state index in [0.29, 0.717) is 18.5 Å². The highest BCUT2D eigenvalue weighted by Crippen LogP contribution is 2.23. The Morgan fingerprint density at radius 1 is 1.28 bits per heavy atom. The molecule has 1 aromatic rings. The largest absolute Gasteiger partial charge is 0.478 e. The van der Waals surface area contributed by atoms with Crippen molar-refractivity contribution in [2.45, 2.75) is 59.4 Å². The molecule has 1 N–H and O–H groups in total. The van der Waals surface area contributed by atoms with Gasteiger partial charge in [-0.1, -0.05) is 27.7 Å². The molecule has 0 amide bonds. The maximum Gasteiger partial charge on any atom is 0.218 e. The molecular formula is C14H25N3O. The predicted octanol–water partition coefficient (Wildman–Crippen LogP) is 3.38. The Hall–Kier alpha value is -1.32. The van der Waals surface area contributed by atoms with Gasteiger partial charge in [0.25, 0.3) is 0 Å². The van der Waals surface area contributed by atoms with E-state index in [2.05, 4.69) is 56.8 Å². The molecule has 102 valence electrons. The summed E-state index contributed by atoms with van der Waals surface area (Å²) in [6.07, 6.45) is 0.974. The van der Waals surface area contributed by atoms with E-state index in [4.69, 9.17) is 4.74 Å². The highest BCUT2D eigenvalue weighted by Gasteiger charge is 2.19. The summed E-state index contributed by atoms with van der Waals surface area (Å²) in [4.78, 5) is 9.03. The van der Waals surface area contributed by atoms with Gasteiger partial charge < -0.3 is 10.1 Å². The van der Waals surface area contributed by atoms with Crippen molar-refractivity contribution in [1.82, 2.24) is 9.97 Å². The Labute approximate surface area is 110 Å². The monoisotopic (exact) mass is 251 g/mol. The van der Waals surface area contributed by atoms with Crippen molar-refractivity contribution in [3.63, 3.8) is 0 Å². The van der Waals surface area contributed by atoms with Crippen molar-refractivity contribution in [3.05, 3.63) is 11.9 Å². The van der Waals surface area contributed by atoms with Gasteiger partial charge in [-0.25, -0.2) is 4.98 Å². The average Bonchev–Trinajstić information content (AvgIpc) is 2.24. The molecule has 18 heavy (non-hydrogen) atoms. The lowest BCUT2D eigenvalue weighted by Gasteiger charge is -2.19. The van der Waals surface area contributed by atoms with Gasteiger partial charge in [-0.05, 0) is 20.3 Å². The third kappa shape index (κ3) is 4.51. The number of aromatic nitrogens is 2. The molecule has 0 saturated carbocycles. The Bertz CT molecular complexity index is 383. The Morgan fingerprint density at radius 2 is 1.94 bits per heavy atom. The fourth-order valence-electron chi connectivity index (χ4n) is 1.41. The zero-order valence-corrected chi connectivity index (χ0v) is 12.4. The summed E-state index contributed by atoms with van der Waals surface area (Å²) in [6.45, 7) is 13.2. The second-order valence-corrected chi connectivity index (χ2v) is 5.81. The van der Waals surface area contributed by atoms with Crippen molar-refractivity contribution in [2.24, 2.45) is 0 Å². The Kier molecular flexibility index (Phi) is 4.93. The molecule has 0 spiro atoms. The second-order valence-electron chi connectivity index (χ2n) is 5.81. The van der Waals surface area contributed by atoms with Crippen molar-refractivity contribution < 1.29 is 4.74 Å². The SMILES string of the molecule is CCCOc1cc(NC(C)C)nc(C(C)(C)C)n1. The summed E-state index contributed by atoms with van der Waals surface area (Å²) >= 11 is 0. The second kappa shape index (κ2) is 6.03. The van der Waals surface area contributed by atoms with Crippen LogP contribution in [-0.4, -0.2) is 22.6 Å². The average molecular weight is 251 g/mol. The van der Waals surface area contributed by atoms with Gasteiger partial charge in [-0.3, -0.25) is 0 Å². The van der Waals surface area contributed by atoms with Gasteiger partial charge in [0.1, 0.15) is 11.6 Å². The molecular weight excluding hydrogens is 226 g/mol. The standard InChI is InChI=1S/C14H25N3O/c1-7-8-18-12-9-11(15-10(2)3)16-13(17-12)14(4,5)6/h9-10H,7-8H2,1-6H3,(H,15,16,17). The molecule has 4 heteroatoms. The number of nitrogens with one attached hydrogen (secondary N) is 1. The zero-order chi connectivity index (χ0) is 13.8. The number of hydrogen-bond donors (Lipinski definition) is 1. The molecule has 1 aromatic heterocycles. The summed E-state index contributed by atoms with van der Waals surface area (Å²) in [6, 6.07) is 2.21. The van der Waals surface area contributed by atoms with Crippen molar-refractivity contribution in [3.8, 4) is 5.88 Å². The molecule has 0 aliphatic carbocycles. The van der Waals surface area contributed by atoms with E-state index in [1.807, 2.05) is 6.07 Å². The summed E-state index contributed by atoms with van der Waals surface area (Å²) in [5.41, 5.74) is -0.0843. The Morgan fingerprint density at radius 3 is 2.44 bits per heavy atom. The van der Waals surface area contributed by atoms with Crippen LogP contribution in [0.5, 0.6) is 5.88 Å². The van der Waals surface area contributed by atoms with Gasteiger partial charge in [0, 0.05) is 17.5 Å². The van der Waals surface area contributed by atoms with Crippen molar-refractivity contribution in [2.75, 3.05) is 11.9 Å². The number of anilines is 1. The number of nitrogens with zero attached hydrogens (tertiary/aromatic N) is 2. The van der Waals surface area contributed by atoms with Crippen LogP contribution in [-0.2, 0) is 5.41 Å². The first kappa shape index (κ1) is 14.7. The van der Waals surface area contributed by atoms with Gasteiger partial charge in [0.15, 0.2) is 0 Å². The molecule has 0 aliphatic rings. The minimum Gasteiger partial charge on any atom is -0.478 e. The van der Waals surface area contributed by atoms with E-state index in [1.165, 1.54) is 0 Å². The van der Waals surface area contributed by atoms with Crippen LogP contribution in [0.3, 0.4) is 0 Å². The summed E-state index contributed by atoms with van der Waals surface area (Å²) in [5.74, 6) is 2.29. The fourth-order valence-corrected chi connectivity index (χ4v) is 1.41. The summed E-state index contributed by atoms with van der Waals surface area (Å²) in [7, 11) is 0. The minimum absolute atomic E-state index is 0.0843. The van der Waals surface area contributed by atoms with Crippen LogP contribution >= 0.6 is 0 Å². The maximum absolute atomic E-state index is 5.62. The fraction of sp³-hybridized carbons (Fsp3) is 0.714. The molecule has 1 rings (SSSR count). The van der Waals surface area contributed by atoms with Crippen LogP contribution in [0.4, 0.5) is 5.82 Å². The molecule has 0 atom stereocenters. The third-order valence-electron chi connectivity index (χ3n) is 2.26. The zero-order valence-electron chi connectivity index (χ0n) is 12.4. The molecule has 4 nitrogen and oxygen atoms in total. The van der Waals surface area contributed by atoms with Crippen LogP contribution in [0.25, 0.3) is 0 Å². The first-order valence-electron chi connectivity index (χ1n) is 6.62. The summed E-state index contributed by atoms with van der Waals surface area (Å²) < 4.78 is 5.62. The van der Waals surface area contributed by atoms with E-state index in [-0.39, 0.29) is 5.41 Å². The van der Waals surface area contributed by atoms with Crippen LogP contribution in [0.1, 0.15) is 53.8 Å². The van der Waals surface area contributed by atoms with E-state index in [9.17, 15) is 0 Å². The third-order valence-corrected chi connectivity index (χ3v) is 2.26. The van der Waals surface area contributed by atoms with E-state index >= 15 is 0 Å². The van der Waals surface area contributed by atoms with E-state index < -0.39 is 0 Å². The first-order valence-corrected chi connectivity index (χ1v) is 6.62. The molecule has 0 bridgehead atoms. The lowest BCUT2D eigenvalue weighted by Crippen LogP contribution is -2.19. The maximum atomic E-state index is 5.62. The topological polar surface area (TPSA) is 47.0 Å². The van der Waals surface area contributed by atoms with Crippen LogP contribution in [0, 0.1) is 0 Å². The molecule has 0 fully saturated rings. The van der Waals surface area contributed by atoms with E-state index in [0.717, 1.165) is 18.1 Å². The summed E-state index contributed by atoms with van der Waals surface area (Å²) in [5, 5.41) is 3.30. The van der Waals surface area contributed by atoms with E-state index in [1.54, 1.807) is 0 Å². The molecule has 1 heterocycles. The molecule has 0 radical (unpaired) electrons. The van der Waals surface area contributed by atoms with Gasteiger partial charge in [0.2, 0.25) is 5.88 Å². The van der Waals surface area contributed by atoms with Gasteiger partial charge in [-0.15, -0.1) is 0 Å². The lowest BCUT2D eigenvalue weighted by molar-refractivity contribution is 0.301. The Balaban J connectivity index is 3.03. The normalized spacial score (nSPS) is 11.7. The quantitative estimate of drug-likeness (QED) is 0.871. The molecule has 0 aliphatic heterocycles.